The molecule has 0 spiro atoms. The van der Waals surface area contributed by atoms with E-state index in [-0.39, 0.29) is 17.8 Å². The molecule has 0 saturated carbocycles. The standard InChI is InChI=1S/C16H13F3O/c1-11(20)10-13-8-5-9-14(16(17,18)19)15(13)12-6-3-2-4-7-12/h2-9H,10H2,1H3. The molecule has 20 heavy (non-hydrogen) atoms. The number of hydrogen-bond acceptors (Lipinski definition) is 1. The lowest BCUT2D eigenvalue weighted by Gasteiger charge is -2.16. The average molecular weight is 278 g/mol. The molecular weight excluding hydrogens is 265 g/mol. The summed E-state index contributed by atoms with van der Waals surface area (Å²) in [5.41, 5.74) is 0.258. The van der Waals surface area contributed by atoms with Crippen molar-refractivity contribution in [2.45, 2.75) is 19.5 Å². The van der Waals surface area contributed by atoms with Crippen LogP contribution in [0.5, 0.6) is 0 Å². The lowest BCUT2D eigenvalue weighted by atomic mass is 9.91. The average Bonchev–Trinajstić information content (AvgIpc) is 2.38. The summed E-state index contributed by atoms with van der Waals surface area (Å²) in [6.07, 6.45) is -4.45. The van der Waals surface area contributed by atoms with Crippen LogP contribution in [0.4, 0.5) is 13.2 Å². The Morgan fingerprint density at radius 1 is 1.00 bits per heavy atom. The van der Waals surface area contributed by atoms with Gasteiger partial charge in [-0.15, -0.1) is 0 Å². The van der Waals surface area contributed by atoms with Gasteiger partial charge in [-0.1, -0.05) is 42.5 Å². The Hall–Kier alpha value is -2.10. The van der Waals surface area contributed by atoms with Crippen molar-refractivity contribution in [3.63, 3.8) is 0 Å². The topological polar surface area (TPSA) is 17.1 Å². The minimum absolute atomic E-state index is 0.00581. The third kappa shape index (κ3) is 3.07. The Kier molecular flexibility index (Phi) is 3.93. The summed E-state index contributed by atoms with van der Waals surface area (Å²) in [5.74, 6) is -0.165. The zero-order valence-electron chi connectivity index (χ0n) is 10.9. The van der Waals surface area contributed by atoms with E-state index in [4.69, 9.17) is 0 Å². The number of rotatable bonds is 3. The predicted octanol–water partition coefficient (Wildman–Crippen LogP) is 4.50. The zero-order chi connectivity index (χ0) is 14.8. The smallest absolute Gasteiger partial charge is 0.300 e. The van der Waals surface area contributed by atoms with E-state index < -0.39 is 11.7 Å². The Morgan fingerprint density at radius 2 is 1.65 bits per heavy atom. The highest BCUT2D eigenvalue weighted by Crippen LogP contribution is 2.39. The number of carbonyl (C=O) groups excluding carboxylic acids is 1. The Labute approximate surface area is 115 Å². The minimum atomic E-state index is -4.45. The molecule has 0 heterocycles. The van der Waals surface area contributed by atoms with E-state index in [1.54, 1.807) is 36.4 Å². The van der Waals surface area contributed by atoms with Crippen LogP contribution in [-0.2, 0) is 17.4 Å². The first kappa shape index (κ1) is 14.3. The number of ketones is 1. The van der Waals surface area contributed by atoms with Crippen molar-refractivity contribution >= 4 is 5.78 Å². The molecule has 2 aromatic carbocycles. The highest BCUT2D eigenvalue weighted by molar-refractivity contribution is 5.82. The van der Waals surface area contributed by atoms with Crippen molar-refractivity contribution in [3.05, 3.63) is 59.7 Å². The van der Waals surface area contributed by atoms with Crippen molar-refractivity contribution in [3.8, 4) is 11.1 Å². The molecule has 0 amide bonds. The molecule has 0 saturated heterocycles. The van der Waals surface area contributed by atoms with E-state index in [1.165, 1.54) is 13.0 Å². The molecule has 2 aromatic rings. The van der Waals surface area contributed by atoms with E-state index in [9.17, 15) is 18.0 Å². The number of hydrogen-bond donors (Lipinski definition) is 0. The summed E-state index contributed by atoms with van der Waals surface area (Å²) in [4.78, 5) is 11.3. The fourth-order valence-corrected chi connectivity index (χ4v) is 2.20. The highest BCUT2D eigenvalue weighted by atomic mass is 19.4. The summed E-state index contributed by atoms with van der Waals surface area (Å²) in [6, 6.07) is 12.3. The van der Waals surface area contributed by atoms with Crippen molar-refractivity contribution < 1.29 is 18.0 Å². The summed E-state index contributed by atoms with van der Waals surface area (Å²) in [7, 11) is 0. The molecule has 0 aliphatic carbocycles. The van der Waals surface area contributed by atoms with Crippen molar-refractivity contribution in [1.29, 1.82) is 0 Å². The van der Waals surface area contributed by atoms with E-state index in [0.717, 1.165) is 6.07 Å². The number of alkyl halides is 3. The monoisotopic (exact) mass is 278 g/mol. The fraction of sp³-hybridized carbons (Fsp3) is 0.188. The third-order valence-corrected chi connectivity index (χ3v) is 2.96. The lowest BCUT2D eigenvalue weighted by Crippen LogP contribution is -2.10. The number of benzene rings is 2. The summed E-state index contributed by atoms with van der Waals surface area (Å²) in [6.45, 7) is 1.37. The molecule has 104 valence electrons. The van der Waals surface area contributed by atoms with Crippen LogP contribution >= 0.6 is 0 Å². The molecule has 0 fully saturated rings. The maximum Gasteiger partial charge on any atom is 0.417 e. The Morgan fingerprint density at radius 3 is 2.20 bits per heavy atom. The van der Waals surface area contributed by atoms with Gasteiger partial charge in [-0.2, -0.15) is 13.2 Å². The minimum Gasteiger partial charge on any atom is -0.300 e. The van der Waals surface area contributed by atoms with Gasteiger partial charge in [0.2, 0.25) is 0 Å². The summed E-state index contributed by atoms with van der Waals surface area (Å²) < 4.78 is 39.5. The fourth-order valence-electron chi connectivity index (χ4n) is 2.20. The number of halogens is 3. The van der Waals surface area contributed by atoms with E-state index in [2.05, 4.69) is 0 Å². The van der Waals surface area contributed by atoms with Gasteiger partial charge in [0, 0.05) is 6.42 Å². The molecular formula is C16H13F3O. The number of carbonyl (C=O) groups is 1. The Bertz CT molecular complexity index is 615. The van der Waals surface area contributed by atoms with Gasteiger partial charge in [0.25, 0.3) is 0 Å². The van der Waals surface area contributed by atoms with Crippen LogP contribution in [0.1, 0.15) is 18.1 Å². The van der Waals surface area contributed by atoms with Crippen LogP contribution in [0, 0.1) is 0 Å². The van der Waals surface area contributed by atoms with E-state index in [1.807, 2.05) is 0 Å². The maximum absolute atomic E-state index is 13.2. The van der Waals surface area contributed by atoms with Gasteiger partial charge in [0.05, 0.1) is 5.56 Å². The molecule has 0 unspecified atom stereocenters. The second kappa shape index (κ2) is 5.49. The Balaban J connectivity index is 2.69. The first-order valence-corrected chi connectivity index (χ1v) is 6.13. The van der Waals surface area contributed by atoms with Crippen molar-refractivity contribution in [2.24, 2.45) is 0 Å². The van der Waals surface area contributed by atoms with Crippen LogP contribution < -0.4 is 0 Å². The predicted molar refractivity (Wildman–Crippen MR) is 71.3 cm³/mol. The summed E-state index contributed by atoms with van der Waals surface area (Å²) in [5, 5.41) is 0. The highest BCUT2D eigenvalue weighted by Gasteiger charge is 2.34. The van der Waals surface area contributed by atoms with Gasteiger partial charge in [0.1, 0.15) is 5.78 Å². The second-order valence-corrected chi connectivity index (χ2v) is 4.58. The first-order valence-electron chi connectivity index (χ1n) is 6.13. The van der Waals surface area contributed by atoms with Crippen LogP contribution in [0.15, 0.2) is 48.5 Å². The molecule has 0 atom stereocenters. The molecule has 0 bridgehead atoms. The van der Waals surface area contributed by atoms with Gasteiger partial charge in [-0.3, -0.25) is 4.79 Å². The molecule has 0 aromatic heterocycles. The van der Waals surface area contributed by atoms with Crippen LogP contribution in [0.2, 0.25) is 0 Å². The van der Waals surface area contributed by atoms with Crippen molar-refractivity contribution in [1.82, 2.24) is 0 Å². The van der Waals surface area contributed by atoms with Crippen molar-refractivity contribution in [2.75, 3.05) is 0 Å². The van der Waals surface area contributed by atoms with E-state index >= 15 is 0 Å². The molecule has 0 aliphatic rings. The molecule has 0 radical (unpaired) electrons. The van der Waals surface area contributed by atoms with Gasteiger partial charge in [-0.25, -0.2) is 0 Å². The molecule has 4 heteroatoms. The second-order valence-electron chi connectivity index (χ2n) is 4.58. The van der Waals surface area contributed by atoms with Crippen LogP contribution in [0.25, 0.3) is 11.1 Å². The SMILES string of the molecule is CC(=O)Cc1cccc(C(F)(F)F)c1-c1ccccc1. The van der Waals surface area contributed by atoms with Gasteiger partial charge >= 0.3 is 6.18 Å². The third-order valence-electron chi connectivity index (χ3n) is 2.96. The summed E-state index contributed by atoms with van der Waals surface area (Å²) >= 11 is 0. The van der Waals surface area contributed by atoms with E-state index in [0.29, 0.717) is 11.1 Å². The zero-order valence-corrected chi connectivity index (χ0v) is 10.9. The molecule has 2 rings (SSSR count). The number of Topliss-reactive ketones (excluding diaryl/α,β-unsaturated/α-hetero) is 1. The molecule has 1 nitrogen and oxygen atoms in total. The van der Waals surface area contributed by atoms with Crippen LogP contribution in [0.3, 0.4) is 0 Å². The largest absolute Gasteiger partial charge is 0.417 e. The molecule has 0 aliphatic heterocycles. The molecule has 0 N–H and O–H groups in total. The lowest BCUT2D eigenvalue weighted by molar-refractivity contribution is -0.137. The van der Waals surface area contributed by atoms with Gasteiger partial charge in [-0.05, 0) is 29.7 Å². The van der Waals surface area contributed by atoms with Gasteiger partial charge in [0.15, 0.2) is 0 Å². The first-order chi connectivity index (χ1) is 9.39. The van der Waals surface area contributed by atoms with Gasteiger partial charge < -0.3 is 0 Å². The quantitative estimate of drug-likeness (QED) is 0.807. The van der Waals surface area contributed by atoms with Crippen LogP contribution in [-0.4, -0.2) is 5.78 Å². The maximum atomic E-state index is 13.2. The normalized spacial score (nSPS) is 11.4.